The minimum atomic E-state index is -0.739. The maximum absolute atomic E-state index is 10.7. The van der Waals surface area contributed by atoms with Crippen molar-refractivity contribution in [2.24, 2.45) is 5.92 Å². The van der Waals surface area contributed by atoms with Crippen molar-refractivity contribution in [1.82, 2.24) is 10.2 Å². The molecule has 0 radical (unpaired) electrons. The van der Waals surface area contributed by atoms with E-state index in [2.05, 4.69) is 10.2 Å². The molecule has 1 aromatic rings. The number of aromatic nitrogens is 2. The zero-order valence-electron chi connectivity index (χ0n) is 8.10. The lowest BCUT2D eigenvalue weighted by molar-refractivity contribution is -0.142. The predicted molar refractivity (Wildman–Crippen MR) is 49.5 cm³/mol. The van der Waals surface area contributed by atoms with Crippen LogP contribution in [0.1, 0.15) is 37.5 Å². The molecule has 1 aliphatic rings. The zero-order chi connectivity index (χ0) is 10.8. The molecule has 1 fully saturated rings. The van der Waals surface area contributed by atoms with Crippen LogP contribution in [0.2, 0.25) is 0 Å². The highest BCUT2D eigenvalue weighted by Gasteiger charge is 2.29. The fourth-order valence-corrected chi connectivity index (χ4v) is 2.00. The molecule has 0 atom stereocenters. The van der Waals surface area contributed by atoms with Crippen LogP contribution in [0.15, 0.2) is 9.21 Å². The summed E-state index contributed by atoms with van der Waals surface area (Å²) >= 11 is 0. The van der Waals surface area contributed by atoms with E-state index in [4.69, 9.17) is 9.52 Å². The van der Waals surface area contributed by atoms with Gasteiger partial charge in [-0.15, -0.1) is 5.10 Å². The average Bonchev–Trinajstić information content (AvgIpc) is 2.65. The van der Waals surface area contributed by atoms with Gasteiger partial charge in [0.1, 0.15) is 0 Å². The number of hydrogen-bond acceptors (Lipinski definition) is 4. The third-order valence-corrected chi connectivity index (χ3v) is 2.88. The highest BCUT2D eigenvalue weighted by atomic mass is 16.4. The minimum absolute atomic E-state index is 0.0829. The van der Waals surface area contributed by atoms with E-state index in [0.29, 0.717) is 31.6 Å². The molecule has 1 aliphatic carbocycles. The number of carbonyl (C=O) groups is 1. The van der Waals surface area contributed by atoms with Crippen LogP contribution in [0, 0.1) is 5.92 Å². The van der Waals surface area contributed by atoms with Gasteiger partial charge in [0.2, 0.25) is 5.89 Å². The minimum Gasteiger partial charge on any atom is -0.481 e. The van der Waals surface area contributed by atoms with E-state index in [1.165, 1.54) is 0 Å². The second-order valence-electron chi connectivity index (χ2n) is 3.84. The van der Waals surface area contributed by atoms with E-state index < -0.39 is 11.7 Å². The van der Waals surface area contributed by atoms with Crippen LogP contribution in [0.25, 0.3) is 0 Å². The van der Waals surface area contributed by atoms with Gasteiger partial charge in [-0.25, -0.2) is 9.89 Å². The van der Waals surface area contributed by atoms with E-state index in [1.54, 1.807) is 0 Å². The second-order valence-corrected chi connectivity index (χ2v) is 3.84. The summed E-state index contributed by atoms with van der Waals surface area (Å²) < 4.78 is 4.85. The Morgan fingerprint density at radius 3 is 2.53 bits per heavy atom. The molecule has 0 saturated heterocycles. The molecule has 6 nitrogen and oxygen atoms in total. The predicted octanol–water partition coefficient (Wildman–Crippen LogP) is 0.721. The summed E-state index contributed by atoms with van der Waals surface area (Å²) in [6, 6.07) is 0. The molecule has 6 heteroatoms. The Morgan fingerprint density at radius 1 is 1.40 bits per heavy atom. The molecule has 0 bridgehead atoms. The Morgan fingerprint density at radius 2 is 2.07 bits per heavy atom. The smallest absolute Gasteiger partial charge is 0.434 e. The lowest BCUT2D eigenvalue weighted by Crippen LogP contribution is -2.20. The normalized spacial score (nSPS) is 26.4. The fraction of sp³-hybridized carbons (Fsp3) is 0.667. The lowest BCUT2D eigenvalue weighted by atomic mass is 9.82. The summed E-state index contributed by atoms with van der Waals surface area (Å²) in [6.45, 7) is 0. The third kappa shape index (κ3) is 2.08. The van der Waals surface area contributed by atoms with Gasteiger partial charge in [0.15, 0.2) is 0 Å². The van der Waals surface area contributed by atoms with E-state index in [9.17, 15) is 9.59 Å². The van der Waals surface area contributed by atoms with Gasteiger partial charge in [0, 0.05) is 5.92 Å². The molecule has 1 saturated carbocycles. The first-order valence-corrected chi connectivity index (χ1v) is 4.95. The van der Waals surface area contributed by atoms with Gasteiger partial charge < -0.3 is 9.52 Å². The van der Waals surface area contributed by atoms with E-state index in [-0.39, 0.29) is 11.8 Å². The lowest BCUT2D eigenvalue weighted by Gasteiger charge is -2.23. The Kier molecular flexibility index (Phi) is 2.57. The number of nitrogens with one attached hydrogen (secondary N) is 1. The molecule has 0 amide bonds. The maximum atomic E-state index is 10.7. The van der Waals surface area contributed by atoms with Gasteiger partial charge in [0.25, 0.3) is 0 Å². The number of aromatic amines is 1. The molecule has 0 aromatic carbocycles. The third-order valence-electron chi connectivity index (χ3n) is 2.88. The number of hydrogen-bond donors (Lipinski definition) is 2. The summed E-state index contributed by atoms with van der Waals surface area (Å²) in [4.78, 5) is 21.4. The zero-order valence-corrected chi connectivity index (χ0v) is 8.10. The SMILES string of the molecule is O=C(O)C1CCC(c2n[nH]c(=O)o2)CC1. The van der Waals surface area contributed by atoms with Crippen LogP contribution in [-0.2, 0) is 4.79 Å². The van der Waals surface area contributed by atoms with E-state index in [1.807, 2.05) is 0 Å². The van der Waals surface area contributed by atoms with Crippen molar-refractivity contribution in [3.8, 4) is 0 Å². The number of carboxylic acid groups (broad SMARTS) is 1. The van der Waals surface area contributed by atoms with Gasteiger partial charge >= 0.3 is 11.7 Å². The molecule has 15 heavy (non-hydrogen) atoms. The maximum Gasteiger partial charge on any atom is 0.434 e. The molecule has 2 rings (SSSR count). The molecule has 1 heterocycles. The molecule has 0 aliphatic heterocycles. The van der Waals surface area contributed by atoms with Crippen molar-refractivity contribution in [1.29, 1.82) is 0 Å². The van der Waals surface area contributed by atoms with Crippen LogP contribution in [0.3, 0.4) is 0 Å². The molecule has 2 N–H and O–H groups in total. The number of H-pyrrole nitrogens is 1. The number of rotatable bonds is 2. The Bertz CT molecular complexity index is 400. The quantitative estimate of drug-likeness (QED) is 0.752. The summed E-state index contributed by atoms with van der Waals surface area (Å²) in [5.41, 5.74) is 0. The summed E-state index contributed by atoms with van der Waals surface area (Å²) in [5, 5.41) is 14.8. The van der Waals surface area contributed by atoms with E-state index >= 15 is 0 Å². The number of nitrogens with zero attached hydrogens (tertiary/aromatic N) is 1. The van der Waals surface area contributed by atoms with Gasteiger partial charge in [-0.1, -0.05) is 0 Å². The summed E-state index contributed by atoms with van der Waals surface area (Å²) in [6.07, 6.45) is 2.67. The number of carboxylic acids is 1. The summed E-state index contributed by atoms with van der Waals surface area (Å²) in [7, 11) is 0. The first-order chi connectivity index (χ1) is 7.16. The van der Waals surface area contributed by atoms with Crippen molar-refractivity contribution in [3.05, 3.63) is 16.4 Å². The summed E-state index contributed by atoms with van der Waals surface area (Å²) in [5.74, 6) is -1.06. The average molecular weight is 212 g/mol. The largest absolute Gasteiger partial charge is 0.481 e. The molecule has 0 spiro atoms. The van der Waals surface area contributed by atoms with Crippen LogP contribution >= 0.6 is 0 Å². The van der Waals surface area contributed by atoms with Crippen LogP contribution in [0.4, 0.5) is 0 Å². The topological polar surface area (TPSA) is 96.2 Å². The molecule has 82 valence electrons. The van der Waals surface area contributed by atoms with Crippen molar-refractivity contribution in [2.75, 3.05) is 0 Å². The van der Waals surface area contributed by atoms with Crippen molar-refractivity contribution < 1.29 is 14.3 Å². The standard InChI is InChI=1S/C9H12N2O4/c12-8(13)6-3-1-5(2-4-6)7-10-11-9(14)15-7/h5-6H,1-4H2,(H,11,14)(H,12,13). The van der Waals surface area contributed by atoms with Crippen molar-refractivity contribution in [3.63, 3.8) is 0 Å². The Balaban J connectivity index is 1.99. The Labute approximate surface area is 85.3 Å². The van der Waals surface area contributed by atoms with Crippen molar-refractivity contribution in [2.45, 2.75) is 31.6 Å². The van der Waals surface area contributed by atoms with Gasteiger partial charge in [-0.05, 0) is 25.7 Å². The first kappa shape index (κ1) is 9.95. The molecular formula is C9H12N2O4. The Hall–Kier alpha value is -1.59. The number of aliphatic carboxylic acids is 1. The second kappa shape index (κ2) is 3.88. The fourth-order valence-electron chi connectivity index (χ4n) is 2.00. The first-order valence-electron chi connectivity index (χ1n) is 4.95. The van der Waals surface area contributed by atoms with Crippen LogP contribution < -0.4 is 5.76 Å². The van der Waals surface area contributed by atoms with Crippen LogP contribution in [0.5, 0.6) is 0 Å². The highest BCUT2D eigenvalue weighted by molar-refractivity contribution is 5.70. The van der Waals surface area contributed by atoms with Crippen molar-refractivity contribution >= 4 is 5.97 Å². The van der Waals surface area contributed by atoms with Gasteiger partial charge in [-0.3, -0.25) is 4.79 Å². The highest BCUT2D eigenvalue weighted by Crippen LogP contribution is 2.34. The van der Waals surface area contributed by atoms with Crippen LogP contribution in [-0.4, -0.2) is 21.3 Å². The monoisotopic (exact) mass is 212 g/mol. The van der Waals surface area contributed by atoms with Gasteiger partial charge in [-0.2, -0.15) is 0 Å². The molecule has 0 unspecified atom stereocenters. The van der Waals surface area contributed by atoms with Gasteiger partial charge in [0.05, 0.1) is 5.92 Å². The molecular weight excluding hydrogens is 200 g/mol. The van der Waals surface area contributed by atoms with E-state index in [0.717, 1.165) is 0 Å². The molecule has 1 aromatic heterocycles.